The van der Waals surface area contributed by atoms with E-state index < -0.39 is 0 Å². The lowest BCUT2D eigenvalue weighted by Crippen LogP contribution is -2.24. The highest BCUT2D eigenvalue weighted by molar-refractivity contribution is 5.87. The van der Waals surface area contributed by atoms with E-state index in [0.29, 0.717) is 17.6 Å². The average Bonchev–Trinajstić information content (AvgIpc) is 3.20. The smallest absolute Gasteiger partial charge is 0.139 e. The Kier molecular flexibility index (Phi) is 2.75. The number of carbonyl (C=O) groups excluding carboxylic acids is 1. The number of ketones is 1. The topological polar surface area (TPSA) is 17.1 Å². The molecule has 0 N–H and O–H groups in total. The van der Waals surface area contributed by atoms with Crippen molar-refractivity contribution in [2.45, 2.75) is 44.9 Å². The summed E-state index contributed by atoms with van der Waals surface area (Å²) in [7, 11) is 0. The van der Waals surface area contributed by atoms with Crippen LogP contribution in [0.2, 0.25) is 0 Å². The van der Waals surface area contributed by atoms with E-state index in [2.05, 4.69) is 24.3 Å². The molecule has 0 bridgehead atoms. The predicted octanol–water partition coefficient (Wildman–Crippen LogP) is 3.80. The molecule has 2 saturated carbocycles. The lowest BCUT2D eigenvalue weighted by Gasteiger charge is -2.23. The molecule has 3 aliphatic rings. The van der Waals surface area contributed by atoms with Gasteiger partial charge in [0.2, 0.25) is 0 Å². The maximum atomic E-state index is 12.7. The molecule has 0 saturated heterocycles. The molecule has 100 valence electrons. The minimum Gasteiger partial charge on any atom is -0.299 e. The maximum absolute atomic E-state index is 12.7. The third-order valence-corrected chi connectivity index (χ3v) is 5.73. The molecule has 3 unspecified atom stereocenters. The number of hydrogen-bond acceptors (Lipinski definition) is 1. The zero-order chi connectivity index (χ0) is 12.8. The van der Waals surface area contributed by atoms with Crippen molar-refractivity contribution >= 4 is 5.78 Å². The summed E-state index contributed by atoms with van der Waals surface area (Å²) >= 11 is 0. The van der Waals surface area contributed by atoms with Crippen LogP contribution >= 0.6 is 0 Å². The molecule has 0 aromatic heterocycles. The minimum atomic E-state index is 0.325. The van der Waals surface area contributed by atoms with Crippen LogP contribution in [0.5, 0.6) is 0 Å². The van der Waals surface area contributed by atoms with E-state index in [1.54, 1.807) is 0 Å². The van der Waals surface area contributed by atoms with Gasteiger partial charge in [-0.25, -0.2) is 0 Å². The van der Waals surface area contributed by atoms with Gasteiger partial charge in [0.25, 0.3) is 0 Å². The first kappa shape index (κ1) is 11.7. The number of fused-ring (bicyclic) bond motifs is 2. The molecule has 1 aromatic rings. The van der Waals surface area contributed by atoms with Crippen molar-refractivity contribution in [3.63, 3.8) is 0 Å². The number of benzene rings is 1. The number of carbonyl (C=O) groups is 1. The number of aryl methyl sites for hydroxylation is 1. The van der Waals surface area contributed by atoms with Crippen LogP contribution in [0.1, 0.15) is 43.2 Å². The molecule has 0 heterocycles. The van der Waals surface area contributed by atoms with Crippen LogP contribution in [0.25, 0.3) is 0 Å². The molecule has 1 nitrogen and oxygen atoms in total. The van der Waals surface area contributed by atoms with Crippen molar-refractivity contribution < 1.29 is 4.79 Å². The van der Waals surface area contributed by atoms with E-state index in [1.807, 2.05) is 0 Å². The second-order valence-electron chi connectivity index (χ2n) is 6.75. The summed E-state index contributed by atoms with van der Waals surface area (Å²) in [5.74, 6) is 2.95. The summed E-state index contributed by atoms with van der Waals surface area (Å²) in [6.07, 6.45) is 8.57. The van der Waals surface area contributed by atoms with Crippen LogP contribution in [0.15, 0.2) is 24.3 Å². The molecular weight excluding hydrogens is 232 g/mol. The summed E-state index contributed by atoms with van der Waals surface area (Å²) in [6, 6.07) is 8.68. The number of hydrogen-bond donors (Lipinski definition) is 0. The molecule has 3 atom stereocenters. The van der Waals surface area contributed by atoms with Gasteiger partial charge in [-0.15, -0.1) is 0 Å². The molecule has 1 heteroatoms. The zero-order valence-electron chi connectivity index (χ0n) is 11.5. The highest BCUT2D eigenvalue weighted by Crippen LogP contribution is 2.57. The molecule has 3 aliphatic carbocycles. The second-order valence-corrected chi connectivity index (χ2v) is 6.75. The Bertz CT molecular complexity index is 492. The monoisotopic (exact) mass is 254 g/mol. The van der Waals surface area contributed by atoms with Crippen LogP contribution in [0.4, 0.5) is 0 Å². The van der Waals surface area contributed by atoms with Gasteiger partial charge >= 0.3 is 0 Å². The molecule has 1 aromatic carbocycles. The van der Waals surface area contributed by atoms with Crippen molar-refractivity contribution in [3.8, 4) is 0 Å². The molecule has 19 heavy (non-hydrogen) atoms. The van der Waals surface area contributed by atoms with Gasteiger partial charge in [-0.1, -0.05) is 37.1 Å². The highest BCUT2D eigenvalue weighted by Gasteiger charge is 2.55. The van der Waals surface area contributed by atoms with Gasteiger partial charge in [0, 0.05) is 11.8 Å². The van der Waals surface area contributed by atoms with E-state index in [0.717, 1.165) is 31.1 Å². The molecule has 0 radical (unpaired) electrons. The Balaban J connectivity index is 1.48. The average molecular weight is 254 g/mol. The van der Waals surface area contributed by atoms with Crippen LogP contribution < -0.4 is 0 Å². The lowest BCUT2D eigenvalue weighted by molar-refractivity contribution is -0.125. The predicted molar refractivity (Wildman–Crippen MR) is 75.9 cm³/mol. The Hall–Kier alpha value is -1.11. The van der Waals surface area contributed by atoms with Gasteiger partial charge in [-0.2, -0.15) is 0 Å². The Morgan fingerprint density at radius 3 is 2.37 bits per heavy atom. The first-order chi connectivity index (χ1) is 9.34. The largest absolute Gasteiger partial charge is 0.299 e. The Labute approximate surface area is 115 Å². The van der Waals surface area contributed by atoms with E-state index in [9.17, 15) is 4.79 Å². The van der Waals surface area contributed by atoms with Crippen molar-refractivity contribution in [2.24, 2.45) is 23.7 Å². The highest BCUT2D eigenvalue weighted by atomic mass is 16.1. The van der Waals surface area contributed by atoms with Crippen molar-refractivity contribution in [3.05, 3.63) is 35.4 Å². The molecule has 0 spiro atoms. The summed E-state index contributed by atoms with van der Waals surface area (Å²) in [4.78, 5) is 12.7. The van der Waals surface area contributed by atoms with Gasteiger partial charge in [-0.05, 0) is 55.1 Å². The van der Waals surface area contributed by atoms with Gasteiger partial charge in [0.05, 0.1) is 0 Å². The summed E-state index contributed by atoms with van der Waals surface area (Å²) in [6.45, 7) is 0. The minimum absolute atomic E-state index is 0.325. The van der Waals surface area contributed by atoms with Crippen molar-refractivity contribution in [1.29, 1.82) is 0 Å². The summed E-state index contributed by atoms with van der Waals surface area (Å²) < 4.78 is 0. The Morgan fingerprint density at radius 2 is 1.63 bits per heavy atom. The molecule has 0 amide bonds. The fourth-order valence-corrected chi connectivity index (χ4v) is 4.63. The molecule has 0 aliphatic heterocycles. The number of rotatable bonds is 2. The van der Waals surface area contributed by atoms with E-state index in [-0.39, 0.29) is 0 Å². The van der Waals surface area contributed by atoms with Gasteiger partial charge < -0.3 is 0 Å². The van der Waals surface area contributed by atoms with Crippen LogP contribution in [-0.4, -0.2) is 5.78 Å². The third-order valence-electron chi connectivity index (χ3n) is 5.73. The normalized spacial score (nSPS) is 36.2. The summed E-state index contributed by atoms with van der Waals surface area (Å²) in [5.41, 5.74) is 2.90. The summed E-state index contributed by atoms with van der Waals surface area (Å²) in [5, 5.41) is 0. The van der Waals surface area contributed by atoms with E-state index in [4.69, 9.17) is 0 Å². The third kappa shape index (κ3) is 1.94. The van der Waals surface area contributed by atoms with Crippen molar-refractivity contribution in [2.75, 3.05) is 0 Å². The van der Waals surface area contributed by atoms with Crippen LogP contribution in [0.3, 0.4) is 0 Å². The zero-order valence-corrected chi connectivity index (χ0v) is 11.5. The van der Waals surface area contributed by atoms with Gasteiger partial charge in [0.1, 0.15) is 5.78 Å². The SMILES string of the molecule is O=C(C1CCc2ccccc2C1)C1C2CCCCC21. The molecule has 2 fully saturated rings. The first-order valence-corrected chi connectivity index (χ1v) is 7.95. The fourth-order valence-electron chi connectivity index (χ4n) is 4.63. The van der Waals surface area contributed by atoms with E-state index >= 15 is 0 Å². The first-order valence-electron chi connectivity index (χ1n) is 7.95. The quantitative estimate of drug-likeness (QED) is 0.784. The Morgan fingerprint density at radius 1 is 0.947 bits per heavy atom. The fraction of sp³-hybridized carbons (Fsp3) is 0.611. The van der Waals surface area contributed by atoms with Crippen molar-refractivity contribution in [1.82, 2.24) is 0 Å². The second kappa shape index (κ2) is 4.47. The maximum Gasteiger partial charge on any atom is 0.139 e. The van der Waals surface area contributed by atoms with Gasteiger partial charge in [-0.3, -0.25) is 4.79 Å². The lowest BCUT2D eigenvalue weighted by atomic mass is 9.80. The van der Waals surface area contributed by atoms with E-state index in [1.165, 1.54) is 36.8 Å². The standard InChI is InChI=1S/C18H22O/c19-18(17-15-7-3-4-8-16(15)17)14-10-9-12-5-1-2-6-13(12)11-14/h1-2,5-6,14-17H,3-4,7-11H2. The number of Topliss-reactive ketones (excluding diaryl/α,β-unsaturated/α-hetero) is 1. The van der Waals surface area contributed by atoms with Crippen LogP contribution in [0, 0.1) is 23.7 Å². The van der Waals surface area contributed by atoms with Gasteiger partial charge in [0.15, 0.2) is 0 Å². The molecule has 4 rings (SSSR count). The van der Waals surface area contributed by atoms with Crippen LogP contribution in [-0.2, 0) is 17.6 Å². The molecular formula is C18H22O.